The molecule has 3 rings (SSSR count). The van der Waals surface area contributed by atoms with Crippen molar-refractivity contribution in [2.45, 2.75) is 19.3 Å². The van der Waals surface area contributed by atoms with Crippen LogP contribution in [0.4, 0.5) is 0 Å². The van der Waals surface area contributed by atoms with Crippen molar-refractivity contribution < 1.29 is 39.0 Å². The number of carboxylic acids is 2. The molecule has 14 heteroatoms. The number of carbonyl (C=O) groups is 6. The molecule has 1 aromatic rings. The van der Waals surface area contributed by atoms with Crippen LogP contribution in [0.5, 0.6) is 0 Å². The van der Waals surface area contributed by atoms with E-state index in [2.05, 4.69) is 33.5 Å². The fraction of sp³-hybridized carbons (Fsp3) is 0.263. The lowest BCUT2D eigenvalue weighted by Crippen LogP contribution is -2.56. The van der Waals surface area contributed by atoms with Crippen LogP contribution in [0, 0.1) is 11.8 Å². The quantitative estimate of drug-likeness (QED) is 0.213. The maximum atomic E-state index is 11.6. The number of thiocarbonyl (C=S) groups is 2. The summed E-state index contributed by atoms with van der Waals surface area (Å²) in [5.74, 6) is -5.86. The standard InChI is InChI=1S/C12H10N2O4S.C7H8N2O4S/c15-9-8(10(16)14-12(19)13-9)5-6-1-3-7(4-2-6)11(17)18;10-4(11)2-1-3-5(12)8-7(14)9-6(3)13/h1-4,8H,5H2,(H,17,18)(H2,13,14,15,16,19);3H,1-2H2,(H,10,11)(H2,8,9,12,13,14). The Labute approximate surface area is 197 Å². The predicted octanol–water partition coefficient (Wildman–Crippen LogP) is -0.927. The zero-order valence-electron chi connectivity index (χ0n) is 16.7. The van der Waals surface area contributed by atoms with Crippen LogP contribution < -0.4 is 21.3 Å². The van der Waals surface area contributed by atoms with Gasteiger partial charge in [0, 0.05) is 6.42 Å². The number of aromatic carboxylic acids is 1. The van der Waals surface area contributed by atoms with Crippen molar-refractivity contribution >= 4 is 70.2 Å². The van der Waals surface area contributed by atoms with Crippen LogP contribution in [0.3, 0.4) is 0 Å². The number of hydrogen-bond donors (Lipinski definition) is 6. The smallest absolute Gasteiger partial charge is 0.335 e. The van der Waals surface area contributed by atoms with Crippen molar-refractivity contribution in [1.29, 1.82) is 0 Å². The van der Waals surface area contributed by atoms with E-state index >= 15 is 0 Å². The van der Waals surface area contributed by atoms with Gasteiger partial charge in [-0.1, -0.05) is 12.1 Å². The molecule has 0 spiro atoms. The van der Waals surface area contributed by atoms with Crippen LogP contribution in [-0.2, 0) is 30.4 Å². The number of benzene rings is 1. The first-order valence-corrected chi connectivity index (χ1v) is 10.1. The molecule has 2 fully saturated rings. The molecular weight excluding hydrogens is 476 g/mol. The van der Waals surface area contributed by atoms with Crippen LogP contribution in [-0.4, -0.2) is 56.0 Å². The molecule has 174 valence electrons. The van der Waals surface area contributed by atoms with Crippen molar-refractivity contribution in [2.24, 2.45) is 11.8 Å². The summed E-state index contributed by atoms with van der Waals surface area (Å²) in [5, 5.41) is 26.4. The summed E-state index contributed by atoms with van der Waals surface area (Å²) >= 11 is 9.26. The molecule has 12 nitrogen and oxygen atoms in total. The maximum absolute atomic E-state index is 11.6. The summed E-state index contributed by atoms with van der Waals surface area (Å²) in [4.78, 5) is 66.6. The lowest BCUT2D eigenvalue weighted by molar-refractivity contribution is -0.139. The van der Waals surface area contributed by atoms with Crippen LogP contribution in [0.2, 0.25) is 0 Å². The molecule has 2 saturated heterocycles. The maximum Gasteiger partial charge on any atom is 0.335 e. The molecule has 2 heterocycles. The summed E-state index contributed by atoms with van der Waals surface area (Å²) in [6, 6.07) is 6.02. The summed E-state index contributed by atoms with van der Waals surface area (Å²) in [7, 11) is 0. The molecule has 0 radical (unpaired) electrons. The van der Waals surface area contributed by atoms with Crippen LogP contribution in [0.1, 0.15) is 28.8 Å². The normalized spacial score (nSPS) is 16.6. The highest BCUT2D eigenvalue weighted by atomic mass is 32.1. The third kappa shape index (κ3) is 7.40. The second-order valence-electron chi connectivity index (χ2n) is 6.86. The van der Waals surface area contributed by atoms with Crippen LogP contribution in [0.25, 0.3) is 0 Å². The first-order valence-electron chi connectivity index (χ1n) is 9.33. The van der Waals surface area contributed by atoms with Gasteiger partial charge >= 0.3 is 11.9 Å². The number of carbonyl (C=O) groups excluding carboxylic acids is 4. The van der Waals surface area contributed by atoms with Gasteiger partial charge in [0.15, 0.2) is 10.2 Å². The van der Waals surface area contributed by atoms with E-state index in [1.165, 1.54) is 12.1 Å². The van der Waals surface area contributed by atoms with Crippen molar-refractivity contribution in [3.05, 3.63) is 35.4 Å². The van der Waals surface area contributed by atoms with Crippen molar-refractivity contribution in [2.75, 3.05) is 0 Å². The summed E-state index contributed by atoms with van der Waals surface area (Å²) in [5.41, 5.74) is 0.857. The minimum absolute atomic E-state index is 0.00692. The third-order valence-electron chi connectivity index (χ3n) is 4.50. The molecule has 1 aromatic carbocycles. The first kappa shape index (κ1) is 25.5. The second kappa shape index (κ2) is 11.2. The van der Waals surface area contributed by atoms with Gasteiger partial charge < -0.3 is 31.5 Å². The lowest BCUT2D eigenvalue weighted by Gasteiger charge is -2.22. The van der Waals surface area contributed by atoms with E-state index in [0.29, 0.717) is 5.56 Å². The Bertz CT molecular complexity index is 1000. The Morgan fingerprint density at radius 3 is 1.58 bits per heavy atom. The van der Waals surface area contributed by atoms with Gasteiger partial charge in [0.05, 0.1) is 5.56 Å². The zero-order valence-corrected chi connectivity index (χ0v) is 18.4. The van der Waals surface area contributed by atoms with Crippen molar-refractivity contribution in [3.8, 4) is 0 Å². The van der Waals surface area contributed by atoms with E-state index in [9.17, 15) is 28.8 Å². The lowest BCUT2D eigenvalue weighted by atomic mass is 9.96. The molecule has 2 aliphatic rings. The number of rotatable bonds is 6. The Morgan fingerprint density at radius 1 is 0.758 bits per heavy atom. The largest absolute Gasteiger partial charge is 0.481 e. The number of amides is 4. The van der Waals surface area contributed by atoms with E-state index in [-0.39, 0.29) is 35.1 Å². The summed E-state index contributed by atoms with van der Waals surface area (Å²) in [6.45, 7) is 0. The number of carboxylic acid groups (broad SMARTS) is 2. The van der Waals surface area contributed by atoms with Gasteiger partial charge in [0.2, 0.25) is 23.6 Å². The van der Waals surface area contributed by atoms with E-state index in [0.717, 1.165) is 0 Å². The van der Waals surface area contributed by atoms with Gasteiger partial charge in [-0.2, -0.15) is 0 Å². The minimum atomic E-state index is -1.04. The van der Waals surface area contributed by atoms with Crippen LogP contribution in [0.15, 0.2) is 24.3 Å². The molecule has 4 amide bonds. The molecule has 0 atom stereocenters. The Morgan fingerprint density at radius 2 is 1.18 bits per heavy atom. The average Bonchev–Trinajstić information content (AvgIpc) is 2.70. The fourth-order valence-corrected chi connectivity index (χ4v) is 3.23. The third-order valence-corrected chi connectivity index (χ3v) is 4.91. The highest BCUT2D eigenvalue weighted by molar-refractivity contribution is 7.80. The van der Waals surface area contributed by atoms with Gasteiger partial charge in [-0.05, 0) is 55.0 Å². The Balaban J connectivity index is 0.000000245. The molecule has 0 aliphatic carbocycles. The number of nitrogens with one attached hydrogen (secondary N) is 4. The molecule has 33 heavy (non-hydrogen) atoms. The summed E-state index contributed by atoms with van der Waals surface area (Å²) < 4.78 is 0. The highest BCUT2D eigenvalue weighted by Crippen LogP contribution is 2.13. The van der Waals surface area contributed by atoms with E-state index in [4.69, 9.17) is 22.4 Å². The Kier molecular flexibility index (Phi) is 8.64. The molecule has 0 bridgehead atoms. The molecule has 0 aromatic heterocycles. The zero-order chi connectivity index (χ0) is 24.7. The van der Waals surface area contributed by atoms with E-state index in [1.807, 2.05) is 0 Å². The monoisotopic (exact) mass is 494 g/mol. The predicted molar refractivity (Wildman–Crippen MR) is 119 cm³/mol. The first-order chi connectivity index (χ1) is 15.5. The van der Waals surface area contributed by atoms with Gasteiger partial charge in [-0.15, -0.1) is 0 Å². The summed E-state index contributed by atoms with van der Waals surface area (Å²) in [6.07, 6.45) is -0.0476. The van der Waals surface area contributed by atoms with E-state index < -0.39 is 47.4 Å². The number of aliphatic carboxylic acids is 1. The minimum Gasteiger partial charge on any atom is -0.481 e. The molecular formula is C19H18N4O8S2. The van der Waals surface area contributed by atoms with E-state index in [1.54, 1.807) is 12.1 Å². The SMILES string of the molecule is O=C(O)CCC1C(=O)NC(=S)NC1=O.O=C(O)c1ccc(CC2C(=O)NC(=S)NC2=O)cc1. The number of hydrogen-bond acceptors (Lipinski definition) is 8. The van der Waals surface area contributed by atoms with Gasteiger partial charge in [0.25, 0.3) is 0 Å². The highest BCUT2D eigenvalue weighted by Gasteiger charge is 2.33. The van der Waals surface area contributed by atoms with Gasteiger partial charge in [0.1, 0.15) is 11.8 Å². The Hall–Kier alpha value is -3.78. The molecule has 6 N–H and O–H groups in total. The topological polar surface area (TPSA) is 191 Å². The average molecular weight is 495 g/mol. The fourth-order valence-electron chi connectivity index (χ4n) is 2.83. The van der Waals surface area contributed by atoms with Crippen molar-refractivity contribution in [3.63, 3.8) is 0 Å². The van der Waals surface area contributed by atoms with Crippen LogP contribution >= 0.6 is 24.4 Å². The van der Waals surface area contributed by atoms with Gasteiger partial charge in [-0.3, -0.25) is 24.0 Å². The molecule has 2 aliphatic heterocycles. The van der Waals surface area contributed by atoms with Crippen molar-refractivity contribution in [1.82, 2.24) is 21.3 Å². The van der Waals surface area contributed by atoms with Gasteiger partial charge in [-0.25, -0.2) is 4.79 Å². The molecule has 0 saturated carbocycles. The molecule has 0 unspecified atom stereocenters. The second-order valence-corrected chi connectivity index (χ2v) is 7.68.